The average Bonchev–Trinajstić information content (AvgIpc) is 3.10. The van der Waals surface area contributed by atoms with Gasteiger partial charge in [0.2, 0.25) is 0 Å². The zero-order chi connectivity index (χ0) is 15.6. The van der Waals surface area contributed by atoms with Gasteiger partial charge in [0, 0.05) is 23.7 Å². The highest BCUT2D eigenvalue weighted by Crippen LogP contribution is 2.29. The van der Waals surface area contributed by atoms with E-state index in [9.17, 15) is 13.2 Å². The smallest absolute Gasteiger partial charge is 0.317 e. The maximum Gasteiger partial charge on any atom is 0.324 e. The zero-order valence-electron chi connectivity index (χ0n) is 12.4. The van der Waals surface area contributed by atoms with Gasteiger partial charge in [-0.2, -0.15) is 0 Å². The minimum absolute atomic E-state index is 0.0921. The monoisotopic (exact) mass is 343 g/mol. The molecule has 1 saturated carbocycles. The Morgan fingerprint density at radius 3 is 2.59 bits per heavy atom. The second kappa shape index (κ2) is 6.54. The van der Waals surface area contributed by atoms with Crippen molar-refractivity contribution in [3.8, 4) is 0 Å². The predicted molar refractivity (Wildman–Crippen MR) is 86.9 cm³/mol. The molecule has 1 aromatic rings. The Hall–Kier alpha value is -1.15. The molecule has 0 spiro atoms. The SMILES string of the molecule is O=C(Nc1nccs1)N(C1CCCCC1)C1CCS(=O)(=O)C1. The minimum Gasteiger partial charge on any atom is -0.317 e. The Labute approximate surface area is 134 Å². The van der Waals surface area contributed by atoms with E-state index in [1.54, 1.807) is 16.5 Å². The van der Waals surface area contributed by atoms with E-state index in [4.69, 9.17) is 0 Å². The van der Waals surface area contributed by atoms with Gasteiger partial charge in [0.15, 0.2) is 15.0 Å². The quantitative estimate of drug-likeness (QED) is 0.914. The summed E-state index contributed by atoms with van der Waals surface area (Å²) in [5, 5.41) is 5.19. The second-order valence-electron chi connectivity index (χ2n) is 6.02. The summed E-state index contributed by atoms with van der Waals surface area (Å²) in [4.78, 5) is 18.6. The number of carbonyl (C=O) groups is 1. The van der Waals surface area contributed by atoms with Crippen molar-refractivity contribution < 1.29 is 13.2 Å². The van der Waals surface area contributed by atoms with Crippen molar-refractivity contribution in [1.82, 2.24) is 9.88 Å². The topological polar surface area (TPSA) is 79.4 Å². The molecule has 2 amide bonds. The van der Waals surface area contributed by atoms with Gasteiger partial charge in [-0.1, -0.05) is 19.3 Å². The van der Waals surface area contributed by atoms with Gasteiger partial charge in [-0.3, -0.25) is 5.32 Å². The van der Waals surface area contributed by atoms with Crippen LogP contribution in [0.5, 0.6) is 0 Å². The first-order valence-electron chi connectivity index (χ1n) is 7.74. The molecule has 1 aromatic heterocycles. The Morgan fingerprint density at radius 1 is 1.23 bits per heavy atom. The number of aromatic nitrogens is 1. The van der Waals surface area contributed by atoms with Gasteiger partial charge in [-0.05, 0) is 19.3 Å². The van der Waals surface area contributed by atoms with E-state index in [0.29, 0.717) is 11.6 Å². The van der Waals surface area contributed by atoms with Gasteiger partial charge >= 0.3 is 6.03 Å². The molecular weight excluding hydrogens is 322 g/mol. The van der Waals surface area contributed by atoms with Gasteiger partial charge in [0.1, 0.15) is 0 Å². The average molecular weight is 343 g/mol. The Bertz CT molecular complexity index is 609. The minimum atomic E-state index is -3.01. The molecule has 1 unspecified atom stereocenters. The first-order chi connectivity index (χ1) is 10.6. The van der Waals surface area contributed by atoms with Crippen LogP contribution in [0.2, 0.25) is 0 Å². The lowest BCUT2D eigenvalue weighted by Gasteiger charge is -2.37. The third-order valence-electron chi connectivity index (χ3n) is 4.45. The maximum atomic E-state index is 12.7. The van der Waals surface area contributed by atoms with Crippen molar-refractivity contribution in [2.24, 2.45) is 0 Å². The molecule has 2 heterocycles. The second-order valence-corrected chi connectivity index (χ2v) is 9.15. The fraction of sp³-hybridized carbons (Fsp3) is 0.714. The fourth-order valence-corrected chi connectivity index (χ4v) is 5.65. The highest BCUT2D eigenvalue weighted by Gasteiger charge is 2.38. The molecule has 0 aromatic carbocycles. The van der Waals surface area contributed by atoms with Crippen LogP contribution in [0, 0.1) is 0 Å². The lowest BCUT2D eigenvalue weighted by Crippen LogP contribution is -2.50. The summed E-state index contributed by atoms with van der Waals surface area (Å²) in [6.07, 6.45) is 7.51. The van der Waals surface area contributed by atoms with Crippen LogP contribution < -0.4 is 5.32 Å². The van der Waals surface area contributed by atoms with Gasteiger partial charge < -0.3 is 4.90 Å². The molecule has 1 aliphatic heterocycles. The third-order valence-corrected chi connectivity index (χ3v) is 6.89. The van der Waals surface area contributed by atoms with Crippen LogP contribution in [-0.4, -0.2) is 47.9 Å². The van der Waals surface area contributed by atoms with E-state index in [1.807, 2.05) is 0 Å². The number of amides is 2. The molecule has 3 rings (SSSR count). The summed E-state index contributed by atoms with van der Waals surface area (Å²) in [5.41, 5.74) is 0. The molecule has 0 radical (unpaired) electrons. The Morgan fingerprint density at radius 2 is 2.00 bits per heavy atom. The van der Waals surface area contributed by atoms with Gasteiger partial charge in [-0.15, -0.1) is 11.3 Å². The van der Waals surface area contributed by atoms with Crippen LogP contribution in [0.25, 0.3) is 0 Å². The first-order valence-corrected chi connectivity index (χ1v) is 10.4. The number of hydrogen-bond acceptors (Lipinski definition) is 5. The van der Waals surface area contributed by atoms with Crippen molar-refractivity contribution >= 4 is 32.3 Å². The molecular formula is C14H21N3O3S2. The molecule has 122 valence electrons. The zero-order valence-corrected chi connectivity index (χ0v) is 14.0. The third kappa shape index (κ3) is 3.60. The van der Waals surface area contributed by atoms with Gasteiger partial charge in [-0.25, -0.2) is 18.2 Å². The normalized spacial score (nSPS) is 25.0. The summed E-state index contributed by atoms with van der Waals surface area (Å²) < 4.78 is 23.6. The number of carbonyl (C=O) groups excluding carboxylic acids is 1. The van der Waals surface area contributed by atoms with Crippen LogP contribution >= 0.6 is 11.3 Å². The van der Waals surface area contributed by atoms with Crippen LogP contribution in [0.1, 0.15) is 38.5 Å². The van der Waals surface area contributed by atoms with E-state index in [-0.39, 0.29) is 29.6 Å². The largest absolute Gasteiger partial charge is 0.324 e. The number of thiazole rings is 1. The van der Waals surface area contributed by atoms with Crippen LogP contribution in [0.4, 0.5) is 9.93 Å². The maximum absolute atomic E-state index is 12.7. The summed E-state index contributed by atoms with van der Waals surface area (Å²) in [5.74, 6) is 0.278. The number of anilines is 1. The summed E-state index contributed by atoms with van der Waals surface area (Å²) in [6.45, 7) is 0. The molecule has 2 aliphatic rings. The number of hydrogen-bond donors (Lipinski definition) is 1. The van der Waals surface area contributed by atoms with Crippen molar-refractivity contribution in [2.45, 2.75) is 50.6 Å². The molecule has 1 atom stereocenters. The number of sulfone groups is 1. The molecule has 2 fully saturated rings. The Balaban J connectivity index is 1.77. The van der Waals surface area contributed by atoms with Crippen molar-refractivity contribution in [3.63, 3.8) is 0 Å². The number of nitrogens with zero attached hydrogens (tertiary/aromatic N) is 2. The number of rotatable bonds is 3. The lowest BCUT2D eigenvalue weighted by molar-refractivity contribution is 0.141. The molecule has 6 nitrogen and oxygen atoms in total. The summed E-state index contributed by atoms with van der Waals surface area (Å²) in [6, 6.07) is -0.260. The van der Waals surface area contributed by atoms with Crippen molar-refractivity contribution in [1.29, 1.82) is 0 Å². The number of nitrogens with one attached hydrogen (secondary N) is 1. The standard InChI is InChI=1S/C14H21N3O3S2/c18-14(16-13-15-7-8-21-13)17(11-4-2-1-3-5-11)12-6-9-22(19,20)10-12/h7-8,11-12H,1-6,9-10H2,(H,15,16,18). The molecule has 1 saturated heterocycles. The predicted octanol–water partition coefficient (Wildman–Crippen LogP) is 2.50. The van der Waals surface area contributed by atoms with E-state index in [0.717, 1.165) is 25.7 Å². The van der Waals surface area contributed by atoms with Crippen molar-refractivity contribution in [3.05, 3.63) is 11.6 Å². The fourth-order valence-electron chi connectivity index (χ4n) is 3.42. The van der Waals surface area contributed by atoms with Gasteiger partial charge in [0.05, 0.1) is 11.5 Å². The molecule has 0 bridgehead atoms. The van der Waals surface area contributed by atoms with Gasteiger partial charge in [0.25, 0.3) is 0 Å². The van der Waals surface area contributed by atoms with E-state index in [2.05, 4.69) is 10.3 Å². The summed E-state index contributed by atoms with van der Waals surface area (Å²) >= 11 is 1.37. The molecule has 8 heteroatoms. The van der Waals surface area contributed by atoms with Crippen LogP contribution in [0.15, 0.2) is 11.6 Å². The van der Waals surface area contributed by atoms with Crippen LogP contribution in [0.3, 0.4) is 0 Å². The molecule has 1 N–H and O–H groups in total. The highest BCUT2D eigenvalue weighted by molar-refractivity contribution is 7.91. The summed E-state index contributed by atoms with van der Waals surface area (Å²) in [7, 11) is -3.01. The van der Waals surface area contributed by atoms with E-state index in [1.165, 1.54) is 17.8 Å². The van der Waals surface area contributed by atoms with Crippen LogP contribution in [-0.2, 0) is 9.84 Å². The van der Waals surface area contributed by atoms with Crippen molar-refractivity contribution in [2.75, 3.05) is 16.8 Å². The first kappa shape index (κ1) is 15.7. The lowest BCUT2D eigenvalue weighted by atomic mass is 9.93. The molecule has 22 heavy (non-hydrogen) atoms. The highest BCUT2D eigenvalue weighted by atomic mass is 32.2. The Kier molecular flexibility index (Phi) is 4.67. The molecule has 1 aliphatic carbocycles. The number of urea groups is 1. The van der Waals surface area contributed by atoms with E-state index < -0.39 is 9.84 Å². The van der Waals surface area contributed by atoms with E-state index >= 15 is 0 Å².